The molecule has 1 aromatic heterocycles. The molecule has 1 fully saturated rings. The van der Waals surface area contributed by atoms with E-state index in [1.807, 2.05) is 0 Å². The van der Waals surface area contributed by atoms with Crippen LogP contribution >= 0.6 is 0 Å². The minimum absolute atomic E-state index is 0.0420. The fraction of sp³-hybridized carbons (Fsp3) is 0.500. The zero-order chi connectivity index (χ0) is 16.2. The van der Waals surface area contributed by atoms with Crippen molar-refractivity contribution in [3.63, 3.8) is 0 Å². The zero-order valence-corrected chi connectivity index (χ0v) is 13.3. The van der Waals surface area contributed by atoms with Gasteiger partial charge in [0.15, 0.2) is 5.75 Å². The molecule has 1 aliphatic carbocycles. The van der Waals surface area contributed by atoms with Crippen LogP contribution in [0, 0.1) is 0 Å². The van der Waals surface area contributed by atoms with Crippen molar-refractivity contribution >= 4 is 16.9 Å². The van der Waals surface area contributed by atoms with E-state index in [1.54, 1.807) is 25.3 Å². The molecule has 1 saturated carbocycles. The second kappa shape index (κ2) is 6.94. The number of rotatable bonds is 4. The number of hydrogen-bond donors (Lipinski definition) is 1. The van der Waals surface area contributed by atoms with Gasteiger partial charge < -0.3 is 19.0 Å². The highest BCUT2D eigenvalue weighted by atomic mass is 16.5. The lowest BCUT2D eigenvalue weighted by Crippen LogP contribution is -2.18. The first-order valence-electron chi connectivity index (χ1n) is 8.19. The number of ether oxygens (including phenoxy) is 2. The predicted molar refractivity (Wildman–Crippen MR) is 86.5 cm³/mol. The monoisotopic (exact) mass is 318 g/mol. The van der Waals surface area contributed by atoms with Crippen molar-refractivity contribution in [1.29, 1.82) is 0 Å². The standard InChI is InChI=1S/C18H22O5/c1-21-13-9-10-15-14(11-13)16(17(23-15)18(19)20)22-12-7-5-3-2-4-6-8-12/h9-12H,2-8H2,1H3,(H,19,20). The van der Waals surface area contributed by atoms with Crippen LogP contribution < -0.4 is 9.47 Å². The van der Waals surface area contributed by atoms with Gasteiger partial charge in [-0.25, -0.2) is 4.79 Å². The topological polar surface area (TPSA) is 68.9 Å². The van der Waals surface area contributed by atoms with E-state index in [1.165, 1.54) is 19.3 Å². The lowest BCUT2D eigenvalue weighted by Gasteiger charge is -2.21. The molecule has 5 heteroatoms. The summed E-state index contributed by atoms with van der Waals surface area (Å²) in [5.74, 6) is -0.258. The maximum absolute atomic E-state index is 11.5. The Morgan fingerprint density at radius 3 is 2.52 bits per heavy atom. The molecule has 0 radical (unpaired) electrons. The van der Waals surface area contributed by atoms with E-state index in [0.29, 0.717) is 22.5 Å². The largest absolute Gasteiger partial charge is 0.497 e. The van der Waals surface area contributed by atoms with Gasteiger partial charge in [0.2, 0.25) is 0 Å². The maximum atomic E-state index is 11.5. The Kier molecular flexibility index (Phi) is 4.74. The normalized spacial score (nSPS) is 16.7. The van der Waals surface area contributed by atoms with Crippen molar-refractivity contribution in [2.75, 3.05) is 7.11 Å². The Morgan fingerprint density at radius 1 is 1.17 bits per heavy atom. The Labute approximate surface area is 135 Å². The molecule has 0 unspecified atom stereocenters. The van der Waals surface area contributed by atoms with Crippen molar-refractivity contribution in [2.45, 2.75) is 51.0 Å². The number of hydrogen-bond acceptors (Lipinski definition) is 4. The highest BCUT2D eigenvalue weighted by Crippen LogP contribution is 2.37. The molecule has 0 atom stereocenters. The van der Waals surface area contributed by atoms with Gasteiger partial charge in [0.1, 0.15) is 11.3 Å². The number of carboxylic acids is 1. The number of carboxylic acid groups (broad SMARTS) is 1. The summed E-state index contributed by atoms with van der Waals surface area (Å²) < 4.78 is 16.8. The number of furan rings is 1. The van der Waals surface area contributed by atoms with E-state index in [-0.39, 0.29) is 11.9 Å². The van der Waals surface area contributed by atoms with Crippen molar-refractivity contribution in [2.24, 2.45) is 0 Å². The van der Waals surface area contributed by atoms with Crippen LogP contribution in [0.25, 0.3) is 11.0 Å². The lowest BCUT2D eigenvalue weighted by atomic mass is 9.98. The molecule has 0 saturated heterocycles. The summed E-state index contributed by atoms with van der Waals surface area (Å²) in [4.78, 5) is 11.5. The summed E-state index contributed by atoms with van der Waals surface area (Å²) in [7, 11) is 1.58. The molecular formula is C18H22O5. The third-order valence-electron chi connectivity index (χ3n) is 4.38. The van der Waals surface area contributed by atoms with Gasteiger partial charge in [-0.15, -0.1) is 0 Å². The smallest absolute Gasteiger partial charge is 0.375 e. The summed E-state index contributed by atoms with van der Waals surface area (Å²) in [6.07, 6.45) is 7.89. The van der Waals surface area contributed by atoms with Crippen LogP contribution in [0.1, 0.15) is 55.5 Å². The summed E-state index contributed by atoms with van der Waals surface area (Å²) in [5, 5.41) is 10.1. The average molecular weight is 318 g/mol. The third kappa shape index (κ3) is 3.44. The fourth-order valence-corrected chi connectivity index (χ4v) is 3.14. The molecule has 1 N–H and O–H groups in total. The van der Waals surface area contributed by atoms with E-state index in [0.717, 1.165) is 25.7 Å². The van der Waals surface area contributed by atoms with E-state index in [4.69, 9.17) is 13.9 Å². The van der Waals surface area contributed by atoms with Crippen LogP contribution in [0.15, 0.2) is 22.6 Å². The van der Waals surface area contributed by atoms with Gasteiger partial charge in [0.05, 0.1) is 18.6 Å². The van der Waals surface area contributed by atoms with Gasteiger partial charge in [-0.3, -0.25) is 0 Å². The van der Waals surface area contributed by atoms with Gasteiger partial charge in [0.25, 0.3) is 5.76 Å². The summed E-state index contributed by atoms with van der Waals surface area (Å²) in [5.41, 5.74) is 0.504. The fourth-order valence-electron chi connectivity index (χ4n) is 3.14. The zero-order valence-electron chi connectivity index (χ0n) is 13.3. The van der Waals surface area contributed by atoms with E-state index in [2.05, 4.69) is 0 Å². The molecule has 1 aromatic carbocycles. The van der Waals surface area contributed by atoms with Crippen LogP contribution in [-0.4, -0.2) is 24.3 Å². The number of benzene rings is 1. The van der Waals surface area contributed by atoms with Gasteiger partial charge in [-0.1, -0.05) is 19.3 Å². The molecule has 0 bridgehead atoms. The first kappa shape index (κ1) is 15.7. The Morgan fingerprint density at radius 2 is 1.87 bits per heavy atom. The van der Waals surface area contributed by atoms with Crippen molar-refractivity contribution in [3.05, 3.63) is 24.0 Å². The predicted octanol–water partition coefficient (Wildman–Crippen LogP) is 4.63. The SMILES string of the molecule is COc1ccc2oc(C(=O)O)c(OC3CCCCCCC3)c2c1. The molecule has 0 amide bonds. The van der Waals surface area contributed by atoms with E-state index < -0.39 is 5.97 Å². The Hall–Kier alpha value is -2.17. The highest BCUT2D eigenvalue weighted by molar-refractivity contribution is 5.98. The highest BCUT2D eigenvalue weighted by Gasteiger charge is 2.25. The van der Waals surface area contributed by atoms with Crippen LogP contribution in [0.3, 0.4) is 0 Å². The molecule has 0 aliphatic heterocycles. The molecule has 1 heterocycles. The van der Waals surface area contributed by atoms with Crippen molar-refractivity contribution in [1.82, 2.24) is 0 Å². The van der Waals surface area contributed by atoms with Crippen LogP contribution in [-0.2, 0) is 0 Å². The van der Waals surface area contributed by atoms with Crippen LogP contribution in [0.4, 0.5) is 0 Å². The quantitative estimate of drug-likeness (QED) is 0.890. The van der Waals surface area contributed by atoms with Gasteiger partial charge in [-0.2, -0.15) is 0 Å². The molecule has 23 heavy (non-hydrogen) atoms. The van der Waals surface area contributed by atoms with Crippen molar-refractivity contribution in [3.8, 4) is 11.5 Å². The summed E-state index contributed by atoms with van der Waals surface area (Å²) in [6.45, 7) is 0. The third-order valence-corrected chi connectivity index (χ3v) is 4.38. The molecule has 0 spiro atoms. The van der Waals surface area contributed by atoms with Gasteiger partial charge in [0, 0.05) is 0 Å². The second-order valence-electron chi connectivity index (χ2n) is 6.01. The molecule has 5 nitrogen and oxygen atoms in total. The number of fused-ring (bicyclic) bond motifs is 1. The number of carbonyl (C=O) groups is 1. The van der Waals surface area contributed by atoms with E-state index in [9.17, 15) is 9.90 Å². The van der Waals surface area contributed by atoms with Gasteiger partial charge >= 0.3 is 5.97 Å². The first-order valence-corrected chi connectivity index (χ1v) is 8.19. The van der Waals surface area contributed by atoms with E-state index >= 15 is 0 Å². The number of aromatic carboxylic acids is 1. The second-order valence-corrected chi connectivity index (χ2v) is 6.01. The molecule has 124 valence electrons. The average Bonchev–Trinajstić information content (AvgIpc) is 2.87. The summed E-state index contributed by atoms with van der Waals surface area (Å²) >= 11 is 0. The first-order chi connectivity index (χ1) is 11.2. The minimum atomic E-state index is -1.11. The van der Waals surface area contributed by atoms with Gasteiger partial charge in [-0.05, 0) is 43.9 Å². The van der Waals surface area contributed by atoms with Crippen LogP contribution in [0.2, 0.25) is 0 Å². The molecule has 3 rings (SSSR count). The Balaban J connectivity index is 1.95. The molecule has 1 aliphatic rings. The molecular weight excluding hydrogens is 296 g/mol. The summed E-state index contributed by atoms with van der Waals surface area (Å²) in [6, 6.07) is 5.23. The molecule has 2 aromatic rings. The Bertz CT molecular complexity index is 680. The maximum Gasteiger partial charge on any atom is 0.375 e. The van der Waals surface area contributed by atoms with Crippen molar-refractivity contribution < 1.29 is 23.8 Å². The van der Waals surface area contributed by atoms with Crippen LogP contribution in [0.5, 0.6) is 11.5 Å². The minimum Gasteiger partial charge on any atom is -0.497 e. The lowest BCUT2D eigenvalue weighted by molar-refractivity contribution is 0.0652. The number of methoxy groups -OCH3 is 1.